The van der Waals surface area contributed by atoms with Crippen LogP contribution in [-0.2, 0) is 4.79 Å². The first kappa shape index (κ1) is 11.9. The van der Waals surface area contributed by atoms with Crippen LogP contribution in [-0.4, -0.2) is 36.0 Å². The van der Waals surface area contributed by atoms with E-state index in [-0.39, 0.29) is 6.04 Å². The predicted octanol–water partition coefficient (Wildman–Crippen LogP) is 1.92. The minimum atomic E-state index is 0.0978. The molecule has 1 amide bonds. The van der Waals surface area contributed by atoms with Crippen LogP contribution in [0.3, 0.4) is 0 Å². The normalized spacial score (nSPS) is 28.4. The highest BCUT2D eigenvalue weighted by Gasteiger charge is 2.32. The molecule has 0 bridgehead atoms. The van der Waals surface area contributed by atoms with E-state index in [9.17, 15) is 4.79 Å². The first-order chi connectivity index (χ1) is 7.83. The van der Waals surface area contributed by atoms with Gasteiger partial charge in [-0.25, -0.2) is 0 Å². The lowest BCUT2D eigenvalue weighted by Gasteiger charge is -2.40. The van der Waals surface area contributed by atoms with Gasteiger partial charge in [0.15, 0.2) is 0 Å². The van der Waals surface area contributed by atoms with Gasteiger partial charge in [-0.1, -0.05) is 26.2 Å². The van der Waals surface area contributed by atoms with E-state index in [0.717, 1.165) is 19.5 Å². The van der Waals surface area contributed by atoms with Crippen molar-refractivity contribution in [2.24, 2.45) is 0 Å². The molecule has 3 heteroatoms. The number of nitrogens with one attached hydrogen (secondary N) is 1. The van der Waals surface area contributed by atoms with Gasteiger partial charge in [-0.05, 0) is 32.2 Å². The first-order valence-electron chi connectivity index (χ1n) is 6.86. The van der Waals surface area contributed by atoms with Crippen LogP contribution in [0.5, 0.6) is 0 Å². The molecule has 1 aliphatic heterocycles. The van der Waals surface area contributed by atoms with E-state index < -0.39 is 0 Å². The van der Waals surface area contributed by atoms with E-state index >= 15 is 0 Å². The van der Waals surface area contributed by atoms with Crippen molar-refractivity contribution in [3.8, 4) is 0 Å². The molecule has 16 heavy (non-hydrogen) atoms. The second kappa shape index (κ2) is 5.67. The van der Waals surface area contributed by atoms with Crippen LogP contribution in [0.2, 0.25) is 0 Å². The summed E-state index contributed by atoms with van der Waals surface area (Å²) in [7, 11) is 0. The molecule has 2 rings (SSSR count). The topological polar surface area (TPSA) is 32.3 Å². The highest BCUT2D eigenvalue weighted by atomic mass is 16.2. The van der Waals surface area contributed by atoms with E-state index in [4.69, 9.17) is 0 Å². The summed E-state index contributed by atoms with van der Waals surface area (Å²) in [5, 5.41) is 3.31. The molecule has 1 saturated carbocycles. The Bertz CT molecular complexity index is 234. The smallest absolute Gasteiger partial charge is 0.239 e. The third-order valence-electron chi connectivity index (χ3n) is 3.94. The highest BCUT2D eigenvalue weighted by Crippen LogP contribution is 2.25. The average molecular weight is 224 g/mol. The molecule has 1 unspecified atom stereocenters. The number of hydrogen-bond acceptors (Lipinski definition) is 2. The lowest BCUT2D eigenvalue weighted by atomic mass is 9.91. The van der Waals surface area contributed by atoms with Gasteiger partial charge in [0, 0.05) is 12.6 Å². The maximum atomic E-state index is 12.3. The molecule has 3 nitrogen and oxygen atoms in total. The van der Waals surface area contributed by atoms with E-state index in [1.165, 1.54) is 38.5 Å². The van der Waals surface area contributed by atoms with Gasteiger partial charge in [0.1, 0.15) is 0 Å². The summed E-state index contributed by atoms with van der Waals surface area (Å²) >= 11 is 0. The van der Waals surface area contributed by atoms with Crippen molar-refractivity contribution in [1.82, 2.24) is 10.2 Å². The number of likely N-dealkylation sites (N-methyl/N-ethyl adjacent to an activating group) is 1. The third kappa shape index (κ3) is 2.57. The second-order valence-corrected chi connectivity index (χ2v) is 5.08. The predicted molar refractivity (Wildman–Crippen MR) is 65.3 cm³/mol. The standard InChI is InChI=1S/C13H24N2O/c1-2-14-12-9-6-10-15(13(12)16)11-7-4-3-5-8-11/h11-12,14H,2-10H2,1H3. The SMILES string of the molecule is CCNC1CCCN(C2CCCCC2)C1=O. The maximum Gasteiger partial charge on any atom is 0.239 e. The zero-order valence-electron chi connectivity index (χ0n) is 10.4. The van der Waals surface area contributed by atoms with Crippen LogP contribution < -0.4 is 5.32 Å². The summed E-state index contributed by atoms with van der Waals surface area (Å²) in [5.74, 6) is 0.361. The number of piperidine rings is 1. The molecule has 92 valence electrons. The molecule has 0 spiro atoms. The van der Waals surface area contributed by atoms with E-state index in [2.05, 4.69) is 17.1 Å². The summed E-state index contributed by atoms with van der Waals surface area (Å²) in [6.45, 7) is 3.97. The van der Waals surface area contributed by atoms with E-state index in [1.54, 1.807) is 0 Å². The average Bonchev–Trinajstić information content (AvgIpc) is 2.33. The molecule has 1 saturated heterocycles. The van der Waals surface area contributed by atoms with Crippen LogP contribution in [0.1, 0.15) is 51.9 Å². The Balaban J connectivity index is 1.94. The third-order valence-corrected chi connectivity index (χ3v) is 3.94. The Morgan fingerprint density at radius 1 is 1.19 bits per heavy atom. The first-order valence-corrected chi connectivity index (χ1v) is 6.86. The Morgan fingerprint density at radius 3 is 2.62 bits per heavy atom. The highest BCUT2D eigenvalue weighted by molar-refractivity contribution is 5.82. The Hall–Kier alpha value is -0.570. The molecule has 1 heterocycles. The fraction of sp³-hybridized carbons (Fsp3) is 0.923. The van der Waals surface area contributed by atoms with Crippen LogP contribution in [0.4, 0.5) is 0 Å². The van der Waals surface area contributed by atoms with Crippen LogP contribution in [0.15, 0.2) is 0 Å². The molecule has 0 aromatic carbocycles. The maximum absolute atomic E-state index is 12.3. The molecule has 0 aromatic heterocycles. The van der Waals surface area contributed by atoms with E-state index in [1.807, 2.05) is 0 Å². The van der Waals surface area contributed by atoms with Crippen molar-refractivity contribution in [1.29, 1.82) is 0 Å². The van der Waals surface area contributed by atoms with Gasteiger partial charge in [0.2, 0.25) is 5.91 Å². The summed E-state index contributed by atoms with van der Waals surface area (Å²) in [4.78, 5) is 14.4. The molecular weight excluding hydrogens is 200 g/mol. The lowest BCUT2D eigenvalue weighted by molar-refractivity contribution is -0.139. The second-order valence-electron chi connectivity index (χ2n) is 5.08. The number of rotatable bonds is 3. The molecule has 0 aromatic rings. The Labute approximate surface area is 98.6 Å². The van der Waals surface area contributed by atoms with Crippen molar-refractivity contribution >= 4 is 5.91 Å². The summed E-state index contributed by atoms with van der Waals surface area (Å²) in [5.41, 5.74) is 0. The minimum absolute atomic E-state index is 0.0978. The molecule has 2 aliphatic rings. The summed E-state index contributed by atoms with van der Waals surface area (Å²) < 4.78 is 0. The molecule has 0 radical (unpaired) electrons. The van der Waals surface area contributed by atoms with Crippen molar-refractivity contribution in [2.45, 2.75) is 64.0 Å². The van der Waals surface area contributed by atoms with Crippen LogP contribution in [0, 0.1) is 0 Å². The number of likely N-dealkylation sites (tertiary alicyclic amines) is 1. The van der Waals surface area contributed by atoms with Gasteiger partial charge in [0.25, 0.3) is 0 Å². The van der Waals surface area contributed by atoms with Crippen molar-refractivity contribution in [2.75, 3.05) is 13.1 Å². The molecule has 1 atom stereocenters. The fourth-order valence-electron chi connectivity index (χ4n) is 3.09. The molecule has 1 aliphatic carbocycles. The van der Waals surface area contributed by atoms with Gasteiger partial charge in [-0.15, -0.1) is 0 Å². The van der Waals surface area contributed by atoms with Crippen LogP contribution in [0.25, 0.3) is 0 Å². The Morgan fingerprint density at radius 2 is 1.94 bits per heavy atom. The lowest BCUT2D eigenvalue weighted by Crippen LogP contribution is -2.54. The largest absolute Gasteiger partial charge is 0.338 e. The summed E-state index contributed by atoms with van der Waals surface area (Å²) in [6.07, 6.45) is 8.61. The monoisotopic (exact) mass is 224 g/mol. The van der Waals surface area contributed by atoms with Gasteiger partial charge < -0.3 is 10.2 Å². The molecule has 1 N–H and O–H groups in total. The number of carbonyl (C=O) groups is 1. The van der Waals surface area contributed by atoms with Crippen molar-refractivity contribution in [3.05, 3.63) is 0 Å². The van der Waals surface area contributed by atoms with E-state index in [0.29, 0.717) is 11.9 Å². The van der Waals surface area contributed by atoms with Gasteiger partial charge in [0.05, 0.1) is 6.04 Å². The van der Waals surface area contributed by atoms with Gasteiger partial charge in [-0.2, -0.15) is 0 Å². The number of carbonyl (C=O) groups excluding carboxylic acids is 1. The zero-order valence-corrected chi connectivity index (χ0v) is 10.4. The van der Waals surface area contributed by atoms with Gasteiger partial charge in [-0.3, -0.25) is 4.79 Å². The Kier molecular flexibility index (Phi) is 4.22. The molecular formula is C13H24N2O. The fourth-order valence-corrected chi connectivity index (χ4v) is 3.09. The quantitative estimate of drug-likeness (QED) is 0.794. The van der Waals surface area contributed by atoms with Crippen LogP contribution >= 0.6 is 0 Å². The number of hydrogen-bond donors (Lipinski definition) is 1. The molecule has 2 fully saturated rings. The van der Waals surface area contributed by atoms with Crippen molar-refractivity contribution in [3.63, 3.8) is 0 Å². The number of nitrogens with zero attached hydrogens (tertiary/aromatic N) is 1. The minimum Gasteiger partial charge on any atom is -0.338 e. The van der Waals surface area contributed by atoms with Crippen molar-refractivity contribution < 1.29 is 4.79 Å². The number of amides is 1. The van der Waals surface area contributed by atoms with Gasteiger partial charge >= 0.3 is 0 Å². The zero-order chi connectivity index (χ0) is 11.4. The summed E-state index contributed by atoms with van der Waals surface area (Å²) in [6, 6.07) is 0.642.